The van der Waals surface area contributed by atoms with Gasteiger partial charge in [0.15, 0.2) is 0 Å². The summed E-state index contributed by atoms with van der Waals surface area (Å²) in [6.45, 7) is 0. The number of nitrogens with one attached hydrogen (secondary N) is 1. The second kappa shape index (κ2) is 7.57. The van der Waals surface area contributed by atoms with Gasteiger partial charge < -0.3 is 5.32 Å². The summed E-state index contributed by atoms with van der Waals surface area (Å²) >= 11 is 0. The maximum atomic E-state index is 3.49. The van der Waals surface area contributed by atoms with Crippen LogP contribution in [0.25, 0.3) is 11.1 Å². The highest BCUT2D eigenvalue weighted by Gasteiger charge is 2.15. The Hall–Kier alpha value is -2.54. The largest absolute Gasteiger partial charge is 0.356 e. The molecule has 0 unspecified atom stereocenters. The third-order valence-corrected chi connectivity index (χ3v) is 5.22. The highest BCUT2D eigenvalue weighted by molar-refractivity contribution is 5.71. The minimum absolute atomic E-state index is 0.749. The van der Waals surface area contributed by atoms with Crippen molar-refractivity contribution in [3.63, 3.8) is 0 Å². The van der Waals surface area contributed by atoms with Crippen LogP contribution in [0.4, 0.5) is 11.4 Å². The fourth-order valence-electron chi connectivity index (χ4n) is 3.87. The van der Waals surface area contributed by atoms with Crippen molar-refractivity contribution in [2.75, 3.05) is 5.32 Å². The molecule has 0 amide bonds. The smallest absolute Gasteiger partial charge is 0.0390 e. The van der Waals surface area contributed by atoms with Crippen molar-refractivity contribution < 1.29 is 0 Å². The summed E-state index contributed by atoms with van der Waals surface area (Å²) < 4.78 is 0. The van der Waals surface area contributed by atoms with Crippen LogP contribution in [-0.2, 0) is 0 Å². The van der Waals surface area contributed by atoms with Crippen LogP contribution >= 0.6 is 0 Å². The van der Waals surface area contributed by atoms with E-state index in [1.165, 1.54) is 48.8 Å². The van der Waals surface area contributed by atoms with Gasteiger partial charge in [-0.15, -0.1) is 0 Å². The molecule has 0 radical (unpaired) electrons. The Morgan fingerprint density at radius 2 is 1.28 bits per heavy atom. The normalized spacial score (nSPS) is 15.0. The molecule has 1 nitrogen and oxygen atoms in total. The molecule has 0 heterocycles. The molecule has 1 fully saturated rings. The van der Waals surface area contributed by atoms with Crippen molar-refractivity contribution >= 4 is 11.4 Å². The zero-order valence-corrected chi connectivity index (χ0v) is 14.6. The lowest BCUT2D eigenvalue weighted by Crippen LogP contribution is -2.04. The van der Waals surface area contributed by atoms with Crippen molar-refractivity contribution in [1.29, 1.82) is 0 Å². The van der Waals surface area contributed by atoms with Crippen LogP contribution in [0.15, 0.2) is 78.9 Å². The number of benzene rings is 3. The maximum absolute atomic E-state index is 3.49. The van der Waals surface area contributed by atoms with Crippen molar-refractivity contribution in [2.24, 2.45) is 0 Å². The Labute approximate surface area is 150 Å². The summed E-state index contributed by atoms with van der Waals surface area (Å²) in [4.78, 5) is 0. The average molecular weight is 327 g/mol. The molecule has 1 saturated carbocycles. The first-order valence-corrected chi connectivity index (χ1v) is 9.41. The summed E-state index contributed by atoms with van der Waals surface area (Å²) in [6, 6.07) is 28.2. The van der Waals surface area contributed by atoms with E-state index in [1.807, 2.05) is 6.07 Å². The predicted molar refractivity (Wildman–Crippen MR) is 107 cm³/mol. The monoisotopic (exact) mass is 327 g/mol. The molecule has 0 spiro atoms. The van der Waals surface area contributed by atoms with Crippen LogP contribution in [0.5, 0.6) is 0 Å². The second-order valence-corrected chi connectivity index (χ2v) is 7.03. The number of anilines is 2. The van der Waals surface area contributed by atoms with Gasteiger partial charge in [0.25, 0.3) is 0 Å². The number of hydrogen-bond donors (Lipinski definition) is 1. The molecule has 1 aliphatic carbocycles. The summed E-state index contributed by atoms with van der Waals surface area (Å²) in [5.74, 6) is 0.749. The Kier molecular flexibility index (Phi) is 4.83. The molecular weight excluding hydrogens is 302 g/mol. The van der Waals surface area contributed by atoms with E-state index in [0.717, 1.165) is 17.3 Å². The molecule has 0 bridgehead atoms. The first-order chi connectivity index (χ1) is 12.4. The van der Waals surface area contributed by atoms with Gasteiger partial charge in [0.05, 0.1) is 0 Å². The average Bonchev–Trinajstić information content (AvgIpc) is 2.70. The van der Waals surface area contributed by atoms with E-state index in [-0.39, 0.29) is 0 Å². The first kappa shape index (κ1) is 16.0. The van der Waals surface area contributed by atoms with Crippen molar-refractivity contribution in [2.45, 2.75) is 38.0 Å². The summed E-state index contributed by atoms with van der Waals surface area (Å²) in [5.41, 5.74) is 6.36. The van der Waals surface area contributed by atoms with Crippen LogP contribution in [-0.4, -0.2) is 0 Å². The summed E-state index contributed by atoms with van der Waals surface area (Å²) in [7, 11) is 0. The maximum Gasteiger partial charge on any atom is 0.0390 e. The highest BCUT2D eigenvalue weighted by Crippen LogP contribution is 2.34. The Morgan fingerprint density at radius 3 is 2.08 bits per heavy atom. The zero-order chi connectivity index (χ0) is 16.9. The molecule has 1 N–H and O–H groups in total. The van der Waals surface area contributed by atoms with Gasteiger partial charge in [-0.1, -0.05) is 73.9 Å². The molecule has 3 aromatic carbocycles. The van der Waals surface area contributed by atoms with E-state index >= 15 is 0 Å². The number of para-hydroxylation sites is 1. The van der Waals surface area contributed by atoms with E-state index < -0.39 is 0 Å². The van der Waals surface area contributed by atoms with E-state index in [4.69, 9.17) is 0 Å². The molecule has 25 heavy (non-hydrogen) atoms. The van der Waals surface area contributed by atoms with E-state index in [1.54, 1.807) is 0 Å². The molecule has 0 aliphatic heterocycles. The Balaban J connectivity index is 1.58. The second-order valence-electron chi connectivity index (χ2n) is 7.03. The molecule has 0 saturated heterocycles. The van der Waals surface area contributed by atoms with E-state index in [2.05, 4.69) is 78.1 Å². The Bertz CT molecular complexity index is 816. The van der Waals surface area contributed by atoms with Gasteiger partial charge in [0.2, 0.25) is 0 Å². The number of hydrogen-bond acceptors (Lipinski definition) is 1. The van der Waals surface area contributed by atoms with Gasteiger partial charge in [0, 0.05) is 11.4 Å². The van der Waals surface area contributed by atoms with Gasteiger partial charge in [0.1, 0.15) is 0 Å². The first-order valence-electron chi connectivity index (χ1n) is 9.41. The van der Waals surface area contributed by atoms with Crippen LogP contribution in [0.2, 0.25) is 0 Å². The van der Waals surface area contributed by atoms with Gasteiger partial charge in [-0.2, -0.15) is 0 Å². The molecule has 1 aliphatic rings. The quantitative estimate of drug-likeness (QED) is 0.536. The van der Waals surface area contributed by atoms with Gasteiger partial charge in [-0.25, -0.2) is 0 Å². The third kappa shape index (κ3) is 3.93. The standard InChI is InChI=1S/C24H25N/c1-3-9-19(10-4-1)20-11-7-12-21(17-20)22-13-8-16-24(18-22)25-23-14-5-2-6-15-23/h2,5-8,11-19,25H,1,3-4,9-10H2. The predicted octanol–water partition coefficient (Wildman–Crippen LogP) is 7.14. The topological polar surface area (TPSA) is 12.0 Å². The van der Waals surface area contributed by atoms with Crippen molar-refractivity contribution in [3.05, 3.63) is 84.4 Å². The summed E-state index contributed by atoms with van der Waals surface area (Å²) in [6.07, 6.45) is 6.86. The fraction of sp³-hybridized carbons (Fsp3) is 0.250. The molecule has 126 valence electrons. The lowest BCUT2D eigenvalue weighted by atomic mass is 9.83. The molecular formula is C24H25N. The summed E-state index contributed by atoms with van der Waals surface area (Å²) in [5, 5.41) is 3.49. The van der Waals surface area contributed by atoms with Crippen LogP contribution in [0, 0.1) is 0 Å². The van der Waals surface area contributed by atoms with Crippen molar-refractivity contribution in [3.8, 4) is 11.1 Å². The van der Waals surface area contributed by atoms with Gasteiger partial charge >= 0.3 is 0 Å². The molecule has 0 atom stereocenters. The van der Waals surface area contributed by atoms with Crippen LogP contribution < -0.4 is 5.32 Å². The molecule has 1 heteroatoms. The third-order valence-electron chi connectivity index (χ3n) is 5.22. The fourth-order valence-corrected chi connectivity index (χ4v) is 3.87. The lowest BCUT2D eigenvalue weighted by Gasteiger charge is -2.22. The zero-order valence-electron chi connectivity index (χ0n) is 14.6. The lowest BCUT2D eigenvalue weighted by molar-refractivity contribution is 0.444. The van der Waals surface area contributed by atoms with E-state index in [9.17, 15) is 0 Å². The minimum atomic E-state index is 0.749. The van der Waals surface area contributed by atoms with Crippen LogP contribution in [0.1, 0.15) is 43.6 Å². The van der Waals surface area contributed by atoms with Crippen molar-refractivity contribution in [1.82, 2.24) is 0 Å². The van der Waals surface area contributed by atoms with E-state index in [0.29, 0.717) is 0 Å². The van der Waals surface area contributed by atoms with Gasteiger partial charge in [-0.3, -0.25) is 0 Å². The van der Waals surface area contributed by atoms with Gasteiger partial charge in [-0.05, 0) is 59.7 Å². The number of rotatable bonds is 4. The molecule has 3 aromatic rings. The minimum Gasteiger partial charge on any atom is -0.356 e. The molecule has 4 rings (SSSR count). The Morgan fingerprint density at radius 1 is 0.600 bits per heavy atom. The SMILES string of the molecule is c1ccc(Nc2cccc(-c3cccc(C4CCCCC4)c3)c2)cc1. The van der Waals surface area contributed by atoms with Crippen LogP contribution in [0.3, 0.4) is 0 Å². The highest BCUT2D eigenvalue weighted by atomic mass is 14.9. The molecule has 0 aromatic heterocycles.